The van der Waals surface area contributed by atoms with E-state index in [1.165, 1.54) is 146 Å². The van der Waals surface area contributed by atoms with Crippen LogP contribution in [-0.2, 0) is 43.8 Å². The van der Waals surface area contributed by atoms with Gasteiger partial charge >= 0.3 is 0 Å². The Morgan fingerprint density at radius 3 is 1.56 bits per heavy atom. The van der Waals surface area contributed by atoms with Crippen LogP contribution in [0, 0.1) is 6.07 Å². The smallest absolute Gasteiger partial charge is 0.0605 e. The zero-order chi connectivity index (χ0) is 42.0. The Morgan fingerprint density at radius 1 is 0.460 bits per heavy atom. The second-order valence-corrected chi connectivity index (χ2v) is 18.9. The molecule has 1 spiro atoms. The number of aryl methyl sites for hydroxylation is 2. The minimum atomic E-state index is -0.419. The first-order valence-electron chi connectivity index (χ1n) is 23.5. The first kappa shape index (κ1) is 41.6. The van der Waals surface area contributed by atoms with Crippen LogP contribution in [0.5, 0.6) is 0 Å². The first-order chi connectivity index (χ1) is 30.4. The van der Waals surface area contributed by atoms with Gasteiger partial charge in [-0.05, 0) is 116 Å². The maximum Gasteiger partial charge on any atom is 0.0605 e. The van der Waals surface area contributed by atoms with Gasteiger partial charge in [-0.3, -0.25) is 4.98 Å². The number of hydrogen-bond acceptors (Lipinski definition) is 1. The third-order valence-electron chi connectivity index (χ3n) is 14.7. The monoisotopic (exact) mass is 995 g/mol. The Morgan fingerprint density at radius 2 is 0.984 bits per heavy atom. The van der Waals surface area contributed by atoms with Gasteiger partial charge in [-0.2, -0.15) is 0 Å². The molecule has 0 bridgehead atoms. The fourth-order valence-electron chi connectivity index (χ4n) is 11.7. The second kappa shape index (κ2) is 16.6. The fraction of sp³-hybridized carbons (Fsp3) is 0.262. The summed E-state index contributed by atoms with van der Waals surface area (Å²) < 4.78 is 0. The van der Waals surface area contributed by atoms with Crippen LogP contribution in [0.25, 0.3) is 66.7 Å². The molecule has 0 unspecified atom stereocenters. The van der Waals surface area contributed by atoms with Crippen LogP contribution in [-0.4, -0.2) is 4.98 Å². The summed E-state index contributed by atoms with van der Waals surface area (Å²) >= 11 is 0. The number of fused-ring (bicyclic) bond motifs is 14. The Bertz CT molecular complexity index is 2950. The van der Waals surface area contributed by atoms with Gasteiger partial charge < -0.3 is 0 Å². The zero-order valence-corrected chi connectivity index (χ0v) is 39.6. The van der Waals surface area contributed by atoms with Crippen molar-refractivity contribution in [2.45, 2.75) is 103 Å². The minimum absolute atomic E-state index is 0. The third kappa shape index (κ3) is 6.62. The number of rotatable bonds is 12. The van der Waals surface area contributed by atoms with Gasteiger partial charge in [0.2, 0.25) is 0 Å². The van der Waals surface area contributed by atoms with Crippen LogP contribution in [0.1, 0.15) is 124 Å². The van der Waals surface area contributed by atoms with Crippen molar-refractivity contribution in [3.05, 3.63) is 196 Å². The summed E-state index contributed by atoms with van der Waals surface area (Å²) in [4.78, 5) is 5.67. The van der Waals surface area contributed by atoms with Crippen molar-refractivity contribution >= 4 is 10.9 Å². The molecule has 3 aliphatic carbocycles. The average molecular weight is 995 g/mol. The molecule has 1 radical (unpaired) electrons. The molecule has 11 rings (SSSR count). The molecule has 0 fully saturated rings. The zero-order valence-electron chi connectivity index (χ0n) is 37.2. The largest absolute Gasteiger partial charge is 0.296 e. The van der Waals surface area contributed by atoms with Gasteiger partial charge in [0.05, 0.1) is 10.9 Å². The predicted molar refractivity (Wildman–Crippen MR) is 261 cm³/mol. The van der Waals surface area contributed by atoms with E-state index in [4.69, 9.17) is 4.98 Å². The Labute approximate surface area is 388 Å². The molecule has 1 nitrogen and oxygen atoms in total. The predicted octanol–water partition coefficient (Wildman–Crippen LogP) is 16.3. The van der Waals surface area contributed by atoms with Crippen molar-refractivity contribution in [3.8, 4) is 55.8 Å². The van der Waals surface area contributed by atoms with E-state index in [1.54, 1.807) is 0 Å². The normalized spacial score (nSPS) is 14.2. The van der Waals surface area contributed by atoms with Crippen molar-refractivity contribution in [2.75, 3.05) is 0 Å². The van der Waals surface area contributed by atoms with E-state index >= 15 is 0 Å². The third-order valence-corrected chi connectivity index (χ3v) is 14.7. The standard InChI is InChI=1S/C61H56N.Ir/c1-5-7-9-11-21-40-33-41(22-12-10-8-6-2)35-43(34-40)49-38-58(62-59-39-56-50(37-51(49)59)47-26-13-17-27-52(47)60(56,3)4)42-31-32-48-46-25-16-20-30-55(46)61(57(48)36-42)53-28-18-14-23-44(53)45-24-15-19-29-54(45)61;/h13-20,23-30,32-39H,5-12,21-22H2,1-4H3;/q-1;. The van der Waals surface area contributed by atoms with Gasteiger partial charge in [0.1, 0.15) is 0 Å². The van der Waals surface area contributed by atoms with Crippen LogP contribution < -0.4 is 0 Å². The summed E-state index contributed by atoms with van der Waals surface area (Å²) in [7, 11) is 0. The average Bonchev–Trinajstić information content (AvgIpc) is 3.86. The van der Waals surface area contributed by atoms with Crippen molar-refractivity contribution in [1.82, 2.24) is 4.98 Å². The van der Waals surface area contributed by atoms with E-state index in [0.717, 1.165) is 29.6 Å². The quantitative estimate of drug-likeness (QED) is 0.0878. The Kier molecular flexibility index (Phi) is 11.0. The Balaban J connectivity index is 0.00000471. The molecule has 0 saturated heterocycles. The number of hydrogen-bond donors (Lipinski definition) is 0. The molecule has 63 heavy (non-hydrogen) atoms. The van der Waals surface area contributed by atoms with Crippen LogP contribution in [0.2, 0.25) is 0 Å². The summed E-state index contributed by atoms with van der Waals surface area (Å²) in [6.45, 7) is 9.37. The fourth-order valence-corrected chi connectivity index (χ4v) is 11.7. The van der Waals surface area contributed by atoms with Gasteiger partial charge in [-0.1, -0.05) is 199 Å². The molecule has 1 heterocycles. The van der Waals surface area contributed by atoms with Crippen molar-refractivity contribution < 1.29 is 20.1 Å². The van der Waals surface area contributed by atoms with Crippen molar-refractivity contribution in [3.63, 3.8) is 0 Å². The topological polar surface area (TPSA) is 12.9 Å². The van der Waals surface area contributed by atoms with Crippen LogP contribution >= 0.6 is 0 Å². The number of pyridine rings is 1. The van der Waals surface area contributed by atoms with Gasteiger partial charge in [0, 0.05) is 30.9 Å². The van der Waals surface area contributed by atoms with Gasteiger partial charge in [0.25, 0.3) is 0 Å². The van der Waals surface area contributed by atoms with Crippen LogP contribution in [0.15, 0.2) is 146 Å². The van der Waals surface area contributed by atoms with Crippen molar-refractivity contribution in [1.29, 1.82) is 0 Å². The van der Waals surface area contributed by atoms with E-state index in [2.05, 4.69) is 179 Å². The van der Waals surface area contributed by atoms with Gasteiger partial charge in [0.15, 0.2) is 0 Å². The molecule has 0 saturated carbocycles. The molecular formula is C61H56IrN-. The summed E-state index contributed by atoms with van der Waals surface area (Å²) in [5.74, 6) is 0. The number of nitrogens with zero attached hydrogens (tertiary/aromatic N) is 1. The number of benzene rings is 7. The first-order valence-corrected chi connectivity index (χ1v) is 23.5. The van der Waals surface area contributed by atoms with E-state index in [9.17, 15) is 0 Å². The molecule has 0 aliphatic heterocycles. The molecule has 2 heteroatoms. The number of aromatic nitrogens is 1. The molecule has 315 valence electrons. The van der Waals surface area contributed by atoms with E-state index in [1.807, 2.05) is 0 Å². The second-order valence-electron chi connectivity index (χ2n) is 18.9. The molecule has 7 aromatic carbocycles. The minimum Gasteiger partial charge on any atom is -0.296 e. The number of unbranched alkanes of at least 4 members (excludes halogenated alkanes) is 6. The maximum absolute atomic E-state index is 5.67. The molecule has 0 amide bonds. The van der Waals surface area contributed by atoms with Crippen molar-refractivity contribution in [2.24, 2.45) is 0 Å². The van der Waals surface area contributed by atoms with Gasteiger partial charge in [-0.15, -0.1) is 29.3 Å². The molecule has 8 aromatic rings. The summed E-state index contributed by atoms with van der Waals surface area (Å²) in [5.41, 5.74) is 24.1. The summed E-state index contributed by atoms with van der Waals surface area (Å²) in [6.07, 6.45) is 12.4. The molecular weight excluding hydrogens is 939 g/mol. The SMILES string of the molecule is CCCCCCc1cc(CCCCCC)cc(-c2cc(-c3[c-]cc4c(c3)C3(c5ccccc5-c5ccccc53)c3ccccc3-4)nc3cc4c(cc23)-c2ccccc2C4(C)C)c1.[Ir]. The summed E-state index contributed by atoms with van der Waals surface area (Å²) in [6, 6.07) is 59.6. The molecule has 3 aliphatic rings. The van der Waals surface area contributed by atoms with E-state index in [-0.39, 0.29) is 25.5 Å². The molecule has 1 aromatic heterocycles. The van der Waals surface area contributed by atoms with Crippen LogP contribution in [0.4, 0.5) is 0 Å². The molecule has 0 N–H and O–H groups in total. The van der Waals surface area contributed by atoms with Crippen LogP contribution in [0.3, 0.4) is 0 Å². The molecule has 0 atom stereocenters. The maximum atomic E-state index is 5.67. The van der Waals surface area contributed by atoms with Gasteiger partial charge in [-0.25, -0.2) is 0 Å². The summed E-state index contributed by atoms with van der Waals surface area (Å²) in [5, 5.41) is 1.23. The van der Waals surface area contributed by atoms with E-state index < -0.39 is 5.41 Å². The van der Waals surface area contributed by atoms with E-state index in [0.29, 0.717) is 0 Å². The Hall–Kier alpha value is -5.40.